The number of rotatable bonds is 4. The summed E-state index contributed by atoms with van der Waals surface area (Å²) in [6.07, 6.45) is 0.734. The van der Waals surface area contributed by atoms with Crippen LogP contribution in [0.1, 0.15) is 13.3 Å². The van der Waals surface area contributed by atoms with Gasteiger partial charge in [-0.25, -0.2) is 4.79 Å². The minimum Gasteiger partial charge on any atom is -0.463 e. The molecule has 0 unspecified atom stereocenters. The van der Waals surface area contributed by atoms with Crippen molar-refractivity contribution >= 4 is 40.8 Å². The average molecular weight is 219 g/mol. The minimum atomic E-state index is -1.60. The summed E-state index contributed by atoms with van der Waals surface area (Å²) in [5.74, 6) is -0.851. The summed E-state index contributed by atoms with van der Waals surface area (Å²) in [5, 5.41) is 0. The Morgan fingerprint density at radius 2 is 2.09 bits per heavy atom. The molecule has 0 aromatic carbocycles. The standard InChI is InChI=1S/C6H9Cl3O2/c1-2-3-11-5(10)6(8,9)4-7/h2-4H2,1H3. The van der Waals surface area contributed by atoms with Gasteiger partial charge in [0, 0.05) is 0 Å². The van der Waals surface area contributed by atoms with E-state index in [9.17, 15) is 4.79 Å². The summed E-state index contributed by atoms with van der Waals surface area (Å²) >= 11 is 16.2. The van der Waals surface area contributed by atoms with E-state index in [1.165, 1.54) is 0 Å². The normalized spacial score (nSPS) is 11.3. The summed E-state index contributed by atoms with van der Waals surface area (Å²) in [6, 6.07) is 0. The summed E-state index contributed by atoms with van der Waals surface area (Å²) in [4.78, 5) is 10.9. The van der Waals surface area contributed by atoms with E-state index >= 15 is 0 Å². The zero-order chi connectivity index (χ0) is 8.91. The Bertz CT molecular complexity index is 136. The van der Waals surface area contributed by atoms with Crippen molar-refractivity contribution in [2.75, 3.05) is 12.5 Å². The summed E-state index contributed by atoms with van der Waals surface area (Å²) < 4.78 is 3.06. The molecule has 0 heterocycles. The highest BCUT2D eigenvalue weighted by Gasteiger charge is 2.34. The highest BCUT2D eigenvalue weighted by atomic mass is 35.5. The van der Waals surface area contributed by atoms with Crippen molar-refractivity contribution in [2.24, 2.45) is 0 Å². The molecule has 0 aliphatic carbocycles. The van der Waals surface area contributed by atoms with Gasteiger partial charge < -0.3 is 4.74 Å². The highest BCUT2D eigenvalue weighted by molar-refractivity contribution is 6.60. The molecule has 0 saturated heterocycles. The minimum absolute atomic E-state index is 0.168. The summed E-state index contributed by atoms with van der Waals surface area (Å²) in [6.45, 7) is 2.19. The van der Waals surface area contributed by atoms with Gasteiger partial charge in [0.15, 0.2) is 0 Å². The number of hydrogen-bond donors (Lipinski definition) is 0. The molecular formula is C6H9Cl3O2. The predicted octanol–water partition coefficient (Wildman–Crippen LogP) is 2.35. The molecule has 2 nitrogen and oxygen atoms in total. The largest absolute Gasteiger partial charge is 0.463 e. The maximum atomic E-state index is 10.9. The lowest BCUT2D eigenvalue weighted by Crippen LogP contribution is -2.30. The molecule has 66 valence electrons. The first-order valence-electron chi connectivity index (χ1n) is 3.15. The van der Waals surface area contributed by atoms with Gasteiger partial charge in [0.2, 0.25) is 4.33 Å². The van der Waals surface area contributed by atoms with Gasteiger partial charge in [-0.3, -0.25) is 0 Å². The fourth-order valence-corrected chi connectivity index (χ4v) is 0.573. The van der Waals surface area contributed by atoms with Crippen molar-refractivity contribution in [3.63, 3.8) is 0 Å². The second-order valence-corrected chi connectivity index (χ2v) is 3.73. The number of halogens is 3. The van der Waals surface area contributed by atoms with Gasteiger partial charge in [0.05, 0.1) is 12.5 Å². The lowest BCUT2D eigenvalue weighted by Gasteiger charge is -2.13. The molecule has 0 N–H and O–H groups in total. The van der Waals surface area contributed by atoms with E-state index in [0.717, 1.165) is 6.42 Å². The van der Waals surface area contributed by atoms with Crippen LogP contribution in [0.5, 0.6) is 0 Å². The molecular weight excluding hydrogens is 210 g/mol. The Morgan fingerprint density at radius 3 is 2.45 bits per heavy atom. The van der Waals surface area contributed by atoms with Gasteiger partial charge in [-0.1, -0.05) is 30.1 Å². The maximum Gasteiger partial charge on any atom is 0.343 e. The maximum absolute atomic E-state index is 10.9. The van der Waals surface area contributed by atoms with Gasteiger partial charge in [-0.05, 0) is 6.42 Å². The molecule has 0 spiro atoms. The van der Waals surface area contributed by atoms with Crippen LogP contribution in [0.15, 0.2) is 0 Å². The number of ether oxygens (including phenoxy) is 1. The zero-order valence-corrected chi connectivity index (χ0v) is 8.34. The molecule has 0 radical (unpaired) electrons. The van der Waals surface area contributed by atoms with Crippen LogP contribution in [0.2, 0.25) is 0 Å². The van der Waals surface area contributed by atoms with Crippen molar-refractivity contribution in [3.05, 3.63) is 0 Å². The molecule has 0 bridgehead atoms. The molecule has 0 aliphatic heterocycles. The Hall–Kier alpha value is 0.340. The van der Waals surface area contributed by atoms with Crippen molar-refractivity contribution in [1.82, 2.24) is 0 Å². The molecule has 0 fully saturated rings. The third-order valence-electron chi connectivity index (χ3n) is 0.904. The van der Waals surface area contributed by atoms with Gasteiger partial charge >= 0.3 is 5.97 Å². The fourth-order valence-electron chi connectivity index (χ4n) is 0.355. The van der Waals surface area contributed by atoms with Crippen molar-refractivity contribution in [3.8, 4) is 0 Å². The number of carbonyl (C=O) groups is 1. The lowest BCUT2D eigenvalue weighted by atomic mass is 10.4. The zero-order valence-electron chi connectivity index (χ0n) is 6.07. The van der Waals surface area contributed by atoms with E-state index in [4.69, 9.17) is 34.8 Å². The number of alkyl halides is 3. The van der Waals surface area contributed by atoms with E-state index in [-0.39, 0.29) is 5.88 Å². The smallest absolute Gasteiger partial charge is 0.343 e. The second kappa shape index (κ2) is 5.07. The fraction of sp³-hybridized carbons (Fsp3) is 0.833. The number of carbonyl (C=O) groups excluding carboxylic acids is 1. The molecule has 0 aromatic heterocycles. The first-order valence-corrected chi connectivity index (χ1v) is 4.44. The monoisotopic (exact) mass is 218 g/mol. The second-order valence-electron chi connectivity index (χ2n) is 1.97. The molecule has 5 heteroatoms. The lowest BCUT2D eigenvalue weighted by molar-refractivity contribution is -0.143. The van der Waals surface area contributed by atoms with E-state index < -0.39 is 10.3 Å². The molecule has 0 amide bonds. The summed E-state index contributed by atoms with van der Waals surface area (Å²) in [5.41, 5.74) is 0. The van der Waals surface area contributed by atoms with Crippen LogP contribution in [-0.4, -0.2) is 22.8 Å². The Labute approximate surface area is 80.7 Å². The first-order chi connectivity index (χ1) is 5.04. The van der Waals surface area contributed by atoms with E-state index in [1.807, 2.05) is 6.92 Å². The van der Waals surface area contributed by atoms with Crippen LogP contribution in [0, 0.1) is 0 Å². The third-order valence-corrected chi connectivity index (χ3v) is 2.15. The Kier molecular flexibility index (Phi) is 5.23. The molecule has 11 heavy (non-hydrogen) atoms. The van der Waals surface area contributed by atoms with Crippen LogP contribution in [0.3, 0.4) is 0 Å². The first kappa shape index (κ1) is 11.3. The molecule has 0 atom stereocenters. The van der Waals surface area contributed by atoms with Gasteiger partial charge in [0.25, 0.3) is 0 Å². The van der Waals surface area contributed by atoms with Crippen LogP contribution in [0.4, 0.5) is 0 Å². The van der Waals surface area contributed by atoms with Crippen LogP contribution >= 0.6 is 34.8 Å². The third kappa shape index (κ3) is 4.04. The average Bonchev–Trinajstić information content (AvgIpc) is 2.00. The quantitative estimate of drug-likeness (QED) is 0.536. The van der Waals surface area contributed by atoms with Gasteiger partial charge in [-0.15, -0.1) is 11.6 Å². The van der Waals surface area contributed by atoms with Crippen LogP contribution in [-0.2, 0) is 9.53 Å². The van der Waals surface area contributed by atoms with E-state index in [2.05, 4.69) is 4.74 Å². The molecule has 0 rings (SSSR count). The SMILES string of the molecule is CCCOC(=O)C(Cl)(Cl)CCl. The molecule has 0 aliphatic rings. The van der Waals surface area contributed by atoms with E-state index in [0.29, 0.717) is 6.61 Å². The predicted molar refractivity (Wildman–Crippen MR) is 46.4 cm³/mol. The molecule has 0 saturated carbocycles. The molecule has 0 aromatic rings. The highest BCUT2D eigenvalue weighted by Crippen LogP contribution is 2.24. The van der Waals surface area contributed by atoms with Crippen LogP contribution in [0.25, 0.3) is 0 Å². The van der Waals surface area contributed by atoms with Gasteiger partial charge in [-0.2, -0.15) is 0 Å². The van der Waals surface area contributed by atoms with Crippen molar-refractivity contribution in [2.45, 2.75) is 17.7 Å². The topological polar surface area (TPSA) is 26.3 Å². The Balaban J connectivity index is 3.82. The Morgan fingerprint density at radius 1 is 1.55 bits per heavy atom. The van der Waals surface area contributed by atoms with Gasteiger partial charge in [0.1, 0.15) is 0 Å². The number of esters is 1. The van der Waals surface area contributed by atoms with Crippen molar-refractivity contribution < 1.29 is 9.53 Å². The summed E-state index contributed by atoms with van der Waals surface area (Å²) in [7, 11) is 0. The van der Waals surface area contributed by atoms with Crippen LogP contribution < -0.4 is 0 Å². The van der Waals surface area contributed by atoms with E-state index in [1.54, 1.807) is 0 Å². The van der Waals surface area contributed by atoms with Crippen molar-refractivity contribution in [1.29, 1.82) is 0 Å². The number of hydrogen-bond acceptors (Lipinski definition) is 2.